The minimum Gasteiger partial charge on any atom is -0.457 e. The van der Waals surface area contributed by atoms with Crippen molar-refractivity contribution >= 4 is 34.6 Å². The van der Waals surface area contributed by atoms with Gasteiger partial charge in [-0.2, -0.15) is 10.3 Å². The van der Waals surface area contributed by atoms with Crippen molar-refractivity contribution < 1.29 is 14.1 Å². The van der Waals surface area contributed by atoms with Crippen LogP contribution in [0.25, 0.3) is 17.4 Å². The number of carbonyl (C=O) groups is 1. The summed E-state index contributed by atoms with van der Waals surface area (Å²) in [6.45, 7) is 3.95. The van der Waals surface area contributed by atoms with Gasteiger partial charge in [0.2, 0.25) is 0 Å². The largest absolute Gasteiger partial charge is 0.457 e. The van der Waals surface area contributed by atoms with E-state index >= 15 is 0 Å². The molecule has 2 aliphatic heterocycles. The van der Waals surface area contributed by atoms with Crippen molar-refractivity contribution in [2.75, 3.05) is 32.7 Å². The number of hydrogen-bond acceptors (Lipinski definition) is 8. The zero-order chi connectivity index (χ0) is 21.8. The summed E-state index contributed by atoms with van der Waals surface area (Å²) in [6, 6.07) is 11.8. The molecule has 1 saturated heterocycles. The van der Waals surface area contributed by atoms with E-state index in [9.17, 15) is 14.9 Å². The van der Waals surface area contributed by atoms with Crippen molar-refractivity contribution in [1.29, 1.82) is 5.26 Å². The van der Waals surface area contributed by atoms with E-state index in [-0.39, 0.29) is 11.6 Å². The SMILES string of the molecule is N#CCCN1CCN(C2=NC(=O)/C(=C/c3ccc(-c4cccc([N+](=O)[O-])c4)o3)S2)CC1. The first-order valence-corrected chi connectivity index (χ1v) is 10.6. The van der Waals surface area contributed by atoms with E-state index in [0.29, 0.717) is 33.6 Å². The molecule has 0 spiro atoms. The van der Waals surface area contributed by atoms with E-state index in [0.717, 1.165) is 32.7 Å². The topological polar surface area (TPSA) is 116 Å². The third-order valence-corrected chi connectivity index (χ3v) is 6.08. The summed E-state index contributed by atoms with van der Waals surface area (Å²) in [5, 5.41) is 20.4. The molecule has 0 unspecified atom stereocenters. The standard InChI is InChI=1S/C21H19N5O4S/c22-7-2-8-24-9-11-25(12-10-24)21-23-20(27)19(31-21)14-17-5-6-18(30-17)15-3-1-4-16(13-15)26(28)29/h1,3-6,13-14H,2,8-12H2/b19-14-. The lowest BCUT2D eigenvalue weighted by molar-refractivity contribution is -0.384. The number of nitro benzene ring substituents is 1. The summed E-state index contributed by atoms with van der Waals surface area (Å²) in [5.41, 5.74) is 0.580. The highest BCUT2D eigenvalue weighted by molar-refractivity contribution is 8.18. The first kappa shape index (κ1) is 20.8. The number of non-ortho nitro benzene ring substituents is 1. The smallest absolute Gasteiger partial charge is 0.286 e. The van der Waals surface area contributed by atoms with Crippen molar-refractivity contribution in [2.24, 2.45) is 4.99 Å². The summed E-state index contributed by atoms with van der Waals surface area (Å²) >= 11 is 1.32. The molecular formula is C21H19N5O4S. The molecule has 10 heteroatoms. The van der Waals surface area contributed by atoms with Gasteiger partial charge in [-0.3, -0.25) is 19.8 Å². The van der Waals surface area contributed by atoms with Gasteiger partial charge >= 0.3 is 0 Å². The molecule has 1 amide bonds. The molecule has 0 radical (unpaired) electrons. The van der Waals surface area contributed by atoms with Gasteiger partial charge in [-0.15, -0.1) is 0 Å². The lowest BCUT2D eigenvalue weighted by Crippen LogP contribution is -2.47. The van der Waals surface area contributed by atoms with Gasteiger partial charge in [0.05, 0.1) is 15.9 Å². The van der Waals surface area contributed by atoms with E-state index in [1.807, 2.05) is 0 Å². The number of rotatable bonds is 5. The Morgan fingerprint density at radius 1 is 1.26 bits per heavy atom. The molecule has 0 saturated carbocycles. The monoisotopic (exact) mass is 437 g/mol. The first-order chi connectivity index (χ1) is 15.0. The highest BCUT2D eigenvalue weighted by atomic mass is 32.2. The van der Waals surface area contributed by atoms with Crippen molar-refractivity contribution in [1.82, 2.24) is 9.80 Å². The number of nitriles is 1. The van der Waals surface area contributed by atoms with Crippen LogP contribution >= 0.6 is 11.8 Å². The van der Waals surface area contributed by atoms with Gasteiger partial charge in [0.1, 0.15) is 11.5 Å². The van der Waals surface area contributed by atoms with Crippen LogP contribution in [0.2, 0.25) is 0 Å². The van der Waals surface area contributed by atoms with Gasteiger partial charge in [-0.1, -0.05) is 12.1 Å². The number of hydrogen-bond donors (Lipinski definition) is 0. The second-order valence-electron chi connectivity index (χ2n) is 7.06. The summed E-state index contributed by atoms with van der Waals surface area (Å²) < 4.78 is 5.78. The van der Waals surface area contributed by atoms with Crippen LogP contribution in [0.1, 0.15) is 12.2 Å². The van der Waals surface area contributed by atoms with Gasteiger partial charge in [-0.05, 0) is 23.9 Å². The summed E-state index contributed by atoms with van der Waals surface area (Å²) in [6.07, 6.45) is 2.16. The maximum Gasteiger partial charge on any atom is 0.286 e. The lowest BCUT2D eigenvalue weighted by atomic mass is 10.1. The number of aliphatic imine (C=N–C) groups is 1. The Balaban J connectivity index is 1.41. The van der Waals surface area contributed by atoms with Crippen LogP contribution in [-0.2, 0) is 4.79 Å². The molecule has 31 heavy (non-hydrogen) atoms. The van der Waals surface area contributed by atoms with E-state index < -0.39 is 4.92 Å². The molecule has 0 N–H and O–H groups in total. The van der Waals surface area contributed by atoms with Crippen LogP contribution in [0.3, 0.4) is 0 Å². The van der Waals surface area contributed by atoms with Crippen LogP contribution in [0.4, 0.5) is 5.69 Å². The average molecular weight is 437 g/mol. The Hall–Kier alpha value is -3.42. The Morgan fingerprint density at radius 3 is 2.81 bits per heavy atom. The van der Waals surface area contributed by atoms with Gasteiger partial charge in [-0.25, -0.2) is 0 Å². The average Bonchev–Trinajstić information content (AvgIpc) is 3.40. The van der Waals surface area contributed by atoms with E-state index in [4.69, 9.17) is 9.68 Å². The fraction of sp³-hybridized carbons (Fsp3) is 0.286. The molecule has 158 valence electrons. The predicted molar refractivity (Wildman–Crippen MR) is 117 cm³/mol. The molecule has 9 nitrogen and oxygen atoms in total. The molecule has 0 aliphatic carbocycles. The molecule has 1 fully saturated rings. The third kappa shape index (κ3) is 4.84. The van der Waals surface area contributed by atoms with Crippen LogP contribution in [-0.4, -0.2) is 58.5 Å². The Bertz CT molecular complexity index is 1110. The number of piperazine rings is 1. The molecule has 2 aliphatic rings. The minimum atomic E-state index is -0.453. The number of nitrogens with zero attached hydrogens (tertiary/aromatic N) is 5. The van der Waals surface area contributed by atoms with E-state index in [1.165, 1.54) is 23.9 Å². The molecule has 3 heterocycles. The molecule has 1 aromatic carbocycles. The highest BCUT2D eigenvalue weighted by Crippen LogP contribution is 2.32. The van der Waals surface area contributed by atoms with Crippen molar-refractivity contribution in [3.8, 4) is 17.4 Å². The van der Waals surface area contributed by atoms with Gasteiger partial charge in [0.15, 0.2) is 5.17 Å². The lowest BCUT2D eigenvalue weighted by Gasteiger charge is -2.34. The number of nitro groups is 1. The van der Waals surface area contributed by atoms with Crippen molar-refractivity contribution in [3.05, 3.63) is 57.2 Å². The van der Waals surface area contributed by atoms with E-state index in [1.54, 1.807) is 30.3 Å². The quantitative estimate of drug-likeness (QED) is 0.397. The highest BCUT2D eigenvalue weighted by Gasteiger charge is 2.28. The maximum absolute atomic E-state index is 12.4. The fourth-order valence-electron chi connectivity index (χ4n) is 3.39. The number of benzene rings is 1. The van der Waals surface area contributed by atoms with Crippen molar-refractivity contribution in [3.63, 3.8) is 0 Å². The molecule has 0 bridgehead atoms. The second-order valence-corrected chi connectivity index (χ2v) is 8.07. The maximum atomic E-state index is 12.4. The van der Waals surface area contributed by atoms with Gasteiger partial charge < -0.3 is 9.32 Å². The Kier molecular flexibility index (Phi) is 6.16. The molecule has 4 rings (SSSR count). The summed E-state index contributed by atoms with van der Waals surface area (Å²) in [4.78, 5) is 31.9. The summed E-state index contributed by atoms with van der Waals surface area (Å²) in [7, 11) is 0. The predicted octanol–water partition coefficient (Wildman–Crippen LogP) is 3.36. The number of amides is 1. The number of amidine groups is 1. The van der Waals surface area contributed by atoms with Crippen molar-refractivity contribution in [2.45, 2.75) is 6.42 Å². The Labute approximate surface area is 182 Å². The number of furan rings is 1. The van der Waals surface area contributed by atoms with Crippen LogP contribution < -0.4 is 0 Å². The van der Waals surface area contributed by atoms with Crippen LogP contribution in [0.15, 0.2) is 50.7 Å². The first-order valence-electron chi connectivity index (χ1n) is 9.75. The second kappa shape index (κ2) is 9.16. The summed E-state index contributed by atoms with van der Waals surface area (Å²) in [5.74, 6) is 0.663. The number of thioether (sulfide) groups is 1. The van der Waals surface area contributed by atoms with Gasteiger partial charge in [0, 0.05) is 62.9 Å². The fourth-order valence-corrected chi connectivity index (χ4v) is 4.34. The zero-order valence-electron chi connectivity index (χ0n) is 16.6. The Morgan fingerprint density at radius 2 is 2.06 bits per heavy atom. The molecule has 0 atom stereocenters. The van der Waals surface area contributed by atoms with Gasteiger partial charge in [0.25, 0.3) is 11.6 Å². The van der Waals surface area contributed by atoms with Crippen LogP contribution in [0.5, 0.6) is 0 Å². The minimum absolute atomic E-state index is 0.0129. The van der Waals surface area contributed by atoms with E-state index in [2.05, 4.69) is 20.9 Å². The molecule has 2 aromatic rings. The zero-order valence-corrected chi connectivity index (χ0v) is 17.4. The number of carbonyl (C=O) groups excluding carboxylic acids is 1. The molecule has 1 aromatic heterocycles. The molecular weight excluding hydrogens is 418 g/mol. The van der Waals surface area contributed by atoms with Crippen LogP contribution in [0, 0.1) is 21.4 Å². The normalized spacial score (nSPS) is 18.3. The third-order valence-electron chi connectivity index (χ3n) is 5.03.